The highest BCUT2D eigenvalue weighted by Crippen LogP contribution is 2.10. The van der Waals surface area contributed by atoms with Crippen LogP contribution in [0.2, 0.25) is 0 Å². The SMILES string of the molecule is CN(C)C(=O)CN=C(NCCCN(C)c1ccccc1)NCc1cccs1. The molecule has 0 fully saturated rings. The van der Waals surface area contributed by atoms with E-state index in [1.54, 1.807) is 30.3 Å². The van der Waals surface area contributed by atoms with Crippen LogP contribution in [0.15, 0.2) is 52.8 Å². The molecule has 146 valence electrons. The van der Waals surface area contributed by atoms with E-state index in [4.69, 9.17) is 0 Å². The summed E-state index contributed by atoms with van der Waals surface area (Å²) < 4.78 is 0. The number of hydrogen-bond donors (Lipinski definition) is 2. The maximum atomic E-state index is 11.8. The predicted molar refractivity (Wildman–Crippen MR) is 114 cm³/mol. The van der Waals surface area contributed by atoms with Crippen LogP contribution in [0.4, 0.5) is 5.69 Å². The molecule has 0 saturated carbocycles. The molecule has 0 atom stereocenters. The molecule has 0 aliphatic carbocycles. The summed E-state index contributed by atoms with van der Waals surface area (Å²) in [5.41, 5.74) is 1.21. The van der Waals surface area contributed by atoms with Crippen LogP contribution in [-0.2, 0) is 11.3 Å². The van der Waals surface area contributed by atoms with Gasteiger partial charge in [-0.05, 0) is 30.0 Å². The molecule has 0 aliphatic heterocycles. The van der Waals surface area contributed by atoms with Gasteiger partial charge in [0, 0.05) is 44.8 Å². The highest BCUT2D eigenvalue weighted by Gasteiger charge is 2.05. The zero-order chi connectivity index (χ0) is 19.5. The minimum atomic E-state index is -0.0176. The van der Waals surface area contributed by atoms with E-state index in [-0.39, 0.29) is 12.5 Å². The highest BCUT2D eigenvalue weighted by molar-refractivity contribution is 7.09. The lowest BCUT2D eigenvalue weighted by Gasteiger charge is -2.19. The number of thiophene rings is 1. The molecule has 2 rings (SSSR count). The average molecular weight is 388 g/mol. The van der Waals surface area contributed by atoms with Crippen molar-refractivity contribution in [1.29, 1.82) is 0 Å². The molecule has 1 heterocycles. The van der Waals surface area contributed by atoms with E-state index in [0.29, 0.717) is 12.5 Å². The van der Waals surface area contributed by atoms with Gasteiger partial charge < -0.3 is 20.4 Å². The van der Waals surface area contributed by atoms with Crippen molar-refractivity contribution in [1.82, 2.24) is 15.5 Å². The van der Waals surface area contributed by atoms with Gasteiger partial charge in [0.25, 0.3) is 0 Å². The van der Waals surface area contributed by atoms with Crippen LogP contribution >= 0.6 is 11.3 Å². The summed E-state index contributed by atoms with van der Waals surface area (Å²) in [7, 11) is 5.57. The van der Waals surface area contributed by atoms with Crippen LogP contribution in [0.25, 0.3) is 0 Å². The number of aliphatic imine (C=N–C) groups is 1. The molecular weight excluding hydrogens is 358 g/mol. The van der Waals surface area contributed by atoms with Gasteiger partial charge in [-0.1, -0.05) is 24.3 Å². The second-order valence-corrected chi connectivity index (χ2v) is 7.46. The summed E-state index contributed by atoms with van der Waals surface area (Å²) in [5.74, 6) is 0.650. The third-order valence-electron chi connectivity index (χ3n) is 4.04. The van der Waals surface area contributed by atoms with Gasteiger partial charge in [0.15, 0.2) is 5.96 Å². The lowest BCUT2D eigenvalue weighted by Crippen LogP contribution is -2.39. The number of amides is 1. The standard InChI is InChI=1S/C20H29N5OS/c1-24(2)19(26)16-23-20(22-15-18-11-7-14-27-18)21-12-8-13-25(3)17-9-5-4-6-10-17/h4-7,9-11,14H,8,12-13,15-16H2,1-3H3,(H2,21,22,23). The van der Waals surface area contributed by atoms with Crippen molar-refractivity contribution in [3.8, 4) is 0 Å². The van der Waals surface area contributed by atoms with Crippen molar-refractivity contribution >= 4 is 28.9 Å². The van der Waals surface area contributed by atoms with Crippen LogP contribution in [0, 0.1) is 0 Å². The fourth-order valence-corrected chi connectivity index (χ4v) is 3.03. The van der Waals surface area contributed by atoms with E-state index in [9.17, 15) is 4.79 Å². The van der Waals surface area contributed by atoms with E-state index in [1.807, 2.05) is 24.3 Å². The Hall–Kier alpha value is -2.54. The Labute approximate surface area is 165 Å². The second kappa shape index (κ2) is 11.2. The van der Waals surface area contributed by atoms with Crippen LogP contribution in [0.3, 0.4) is 0 Å². The zero-order valence-corrected chi connectivity index (χ0v) is 17.1. The summed E-state index contributed by atoms with van der Waals surface area (Å²) in [6.07, 6.45) is 0.965. The molecule has 27 heavy (non-hydrogen) atoms. The number of hydrogen-bond acceptors (Lipinski definition) is 4. The number of likely N-dealkylation sites (N-methyl/N-ethyl adjacent to an activating group) is 1. The largest absolute Gasteiger partial charge is 0.375 e. The average Bonchev–Trinajstić information content (AvgIpc) is 3.20. The molecule has 1 amide bonds. The second-order valence-electron chi connectivity index (χ2n) is 6.42. The number of benzene rings is 1. The Kier molecular flexibility index (Phi) is 8.64. The number of nitrogens with zero attached hydrogens (tertiary/aromatic N) is 3. The highest BCUT2D eigenvalue weighted by atomic mass is 32.1. The summed E-state index contributed by atoms with van der Waals surface area (Å²) in [6.45, 7) is 2.55. The number of anilines is 1. The Morgan fingerprint density at radius 1 is 1.07 bits per heavy atom. The van der Waals surface area contributed by atoms with Crippen LogP contribution in [0.1, 0.15) is 11.3 Å². The van der Waals surface area contributed by atoms with Gasteiger partial charge in [-0.2, -0.15) is 0 Å². The van der Waals surface area contributed by atoms with Crippen molar-refractivity contribution in [3.63, 3.8) is 0 Å². The number of rotatable bonds is 9. The molecule has 0 aliphatic rings. The lowest BCUT2D eigenvalue weighted by molar-refractivity contribution is -0.127. The first kappa shape index (κ1) is 20.8. The predicted octanol–water partition coefficient (Wildman–Crippen LogP) is 2.40. The summed E-state index contributed by atoms with van der Waals surface area (Å²) in [5, 5.41) is 8.68. The molecule has 0 bridgehead atoms. The van der Waals surface area contributed by atoms with E-state index >= 15 is 0 Å². The molecule has 2 aromatic rings. The topological polar surface area (TPSA) is 60.0 Å². The molecule has 0 spiro atoms. The third-order valence-corrected chi connectivity index (χ3v) is 4.92. The number of guanidine groups is 1. The Morgan fingerprint density at radius 3 is 2.52 bits per heavy atom. The first-order chi connectivity index (χ1) is 13.1. The minimum absolute atomic E-state index is 0.0176. The van der Waals surface area contributed by atoms with E-state index < -0.39 is 0 Å². The fraction of sp³-hybridized carbons (Fsp3) is 0.400. The smallest absolute Gasteiger partial charge is 0.243 e. The molecule has 0 radical (unpaired) electrons. The van der Waals surface area contributed by atoms with Gasteiger partial charge in [0.1, 0.15) is 6.54 Å². The number of carbonyl (C=O) groups excluding carboxylic acids is 1. The molecule has 2 N–H and O–H groups in total. The maximum Gasteiger partial charge on any atom is 0.243 e. The molecule has 1 aromatic heterocycles. The summed E-state index contributed by atoms with van der Waals surface area (Å²) in [4.78, 5) is 21.2. The number of carbonyl (C=O) groups is 1. The van der Waals surface area contributed by atoms with Gasteiger partial charge in [0.05, 0.1) is 6.54 Å². The first-order valence-electron chi connectivity index (χ1n) is 9.07. The Bertz CT molecular complexity index is 700. The van der Waals surface area contributed by atoms with Gasteiger partial charge in [-0.15, -0.1) is 11.3 Å². The zero-order valence-electron chi connectivity index (χ0n) is 16.3. The van der Waals surface area contributed by atoms with Crippen molar-refractivity contribution in [2.45, 2.75) is 13.0 Å². The number of para-hydroxylation sites is 1. The normalized spacial score (nSPS) is 11.1. The van der Waals surface area contributed by atoms with Crippen molar-refractivity contribution in [2.75, 3.05) is 45.7 Å². The monoisotopic (exact) mass is 387 g/mol. The molecule has 1 aromatic carbocycles. The molecule has 0 unspecified atom stereocenters. The summed E-state index contributed by atoms with van der Waals surface area (Å²) in [6, 6.07) is 14.4. The van der Waals surface area contributed by atoms with E-state index in [1.165, 1.54) is 10.6 Å². The minimum Gasteiger partial charge on any atom is -0.375 e. The lowest BCUT2D eigenvalue weighted by atomic mass is 10.3. The van der Waals surface area contributed by atoms with Gasteiger partial charge in [-0.25, -0.2) is 4.99 Å². The van der Waals surface area contributed by atoms with Crippen molar-refractivity contribution in [3.05, 3.63) is 52.7 Å². The van der Waals surface area contributed by atoms with Crippen molar-refractivity contribution in [2.24, 2.45) is 4.99 Å². The Morgan fingerprint density at radius 2 is 1.85 bits per heavy atom. The quantitative estimate of drug-likeness (QED) is 0.394. The van der Waals surface area contributed by atoms with Gasteiger partial charge in [0.2, 0.25) is 5.91 Å². The molecule has 7 heteroatoms. The van der Waals surface area contributed by atoms with Crippen LogP contribution < -0.4 is 15.5 Å². The fourth-order valence-electron chi connectivity index (χ4n) is 2.38. The van der Waals surface area contributed by atoms with Crippen molar-refractivity contribution < 1.29 is 4.79 Å². The molecule has 6 nitrogen and oxygen atoms in total. The number of nitrogens with one attached hydrogen (secondary N) is 2. The van der Waals surface area contributed by atoms with E-state index in [2.05, 4.69) is 51.2 Å². The molecular formula is C20H29N5OS. The summed E-state index contributed by atoms with van der Waals surface area (Å²) >= 11 is 1.70. The van der Waals surface area contributed by atoms with Crippen LogP contribution in [-0.4, -0.2) is 57.5 Å². The Balaban J connectivity index is 1.81. The third kappa shape index (κ3) is 7.70. The van der Waals surface area contributed by atoms with Gasteiger partial charge in [-0.3, -0.25) is 4.79 Å². The van der Waals surface area contributed by atoms with Crippen LogP contribution in [0.5, 0.6) is 0 Å². The molecule has 0 saturated heterocycles. The maximum absolute atomic E-state index is 11.8. The van der Waals surface area contributed by atoms with E-state index in [0.717, 1.165) is 19.5 Å². The van der Waals surface area contributed by atoms with Gasteiger partial charge >= 0.3 is 0 Å². The first-order valence-corrected chi connectivity index (χ1v) is 9.95.